The van der Waals surface area contributed by atoms with Crippen molar-refractivity contribution >= 4 is 29.0 Å². The Morgan fingerprint density at radius 1 is 1.32 bits per heavy atom. The SMILES string of the molecule is Cc1cc(NCCN(C)C)c2cccc(O)c2n1.Cl. The number of para-hydroxylation sites is 1. The summed E-state index contributed by atoms with van der Waals surface area (Å²) in [7, 11) is 4.09. The molecule has 0 fully saturated rings. The average Bonchev–Trinajstić information content (AvgIpc) is 2.30. The second-order valence-corrected chi connectivity index (χ2v) is 4.71. The molecule has 0 saturated carbocycles. The summed E-state index contributed by atoms with van der Waals surface area (Å²) in [5.41, 5.74) is 2.58. The van der Waals surface area contributed by atoms with Crippen molar-refractivity contribution in [2.45, 2.75) is 6.92 Å². The van der Waals surface area contributed by atoms with Crippen molar-refractivity contribution in [3.8, 4) is 5.75 Å². The predicted molar refractivity (Wildman–Crippen MR) is 82.4 cm³/mol. The first-order valence-electron chi connectivity index (χ1n) is 6.06. The lowest BCUT2D eigenvalue weighted by Gasteiger charge is -2.14. The van der Waals surface area contributed by atoms with Crippen molar-refractivity contribution in [2.75, 3.05) is 32.5 Å². The fourth-order valence-electron chi connectivity index (χ4n) is 1.92. The zero-order valence-electron chi connectivity index (χ0n) is 11.5. The predicted octanol–water partition coefficient (Wildman–Crippen LogP) is 2.64. The Morgan fingerprint density at radius 3 is 2.74 bits per heavy atom. The fourth-order valence-corrected chi connectivity index (χ4v) is 1.92. The van der Waals surface area contributed by atoms with Crippen LogP contribution in [-0.4, -0.2) is 42.2 Å². The van der Waals surface area contributed by atoms with Crippen LogP contribution in [0.3, 0.4) is 0 Å². The van der Waals surface area contributed by atoms with Gasteiger partial charge in [-0.2, -0.15) is 0 Å². The molecule has 2 rings (SSSR count). The summed E-state index contributed by atoms with van der Waals surface area (Å²) in [6.45, 7) is 3.76. The number of phenolic OH excluding ortho intramolecular Hbond substituents is 1. The van der Waals surface area contributed by atoms with Crippen LogP contribution in [0.2, 0.25) is 0 Å². The summed E-state index contributed by atoms with van der Waals surface area (Å²) in [6.07, 6.45) is 0. The number of aromatic nitrogens is 1. The number of halogens is 1. The van der Waals surface area contributed by atoms with Crippen molar-refractivity contribution in [2.24, 2.45) is 0 Å². The van der Waals surface area contributed by atoms with Crippen LogP contribution in [0.4, 0.5) is 5.69 Å². The Kier molecular flexibility index (Phi) is 5.39. The van der Waals surface area contributed by atoms with Crippen LogP contribution < -0.4 is 5.32 Å². The molecule has 0 unspecified atom stereocenters. The molecule has 0 radical (unpaired) electrons. The molecule has 0 aliphatic heterocycles. The van der Waals surface area contributed by atoms with E-state index in [-0.39, 0.29) is 18.2 Å². The Balaban J connectivity index is 0.00000180. The van der Waals surface area contributed by atoms with Gasteiger partial charge in [-0.1, -0.05) is 12.1 Å². The number of aryl methyl sites for hydroxylation is 1. The molecule has 0 atom stereocenters. The topological polar surface area (TPSA) is 48.4 Å². The van der Waals surface area contributed by atoms with Crippen molar-refractivity contribution in [3.05, 3.63) is 30.0 Å². The number of pyridine rings is 1. The van der Waals surface area contributed by atoms with Crippen LogP contribution in [0.5, 0.6) is 5.75 Å². The van der Waals surface area contributed by atoms with Gasteiger partial charge in [0.05, 0.1) is 0 Å². The number of benzene rings is 1. The lowest BCUT2D eigenvalue weighted by Crippen LogP contribution is -2.20. The van der Waals surface area contributed by atoms with Crippen molar-refractivity contribution in [1.29, 1.82) is 0 Å². The number of nitrogens with zero attached hydrogens (tertiary/aromatic N) is 2. The maximum Gasteiger partial charge on any atom is 0.141 e. The van der Waals surface area contributed by atoms with Crippen LogP contribution in [-0.2, 0) is 0 Å². The van der Waals surface area contributed by atoms with Gasteiger partial charge in [0.1, 0.15) is 11.3 Å². The highest BCUT2D eigenvalue weighted by Crippen LogP contribution is 2.28. The summed E-state index contributed by atoms with van der Waals surface area (Å²) in [4.78, 5) is 6.50. The molecule has 4 nitrogen and oxygen atoms in total. The summed E-state index contributed by atoms with van der Waals surface area (Å²) in [5, 5.41) is 14.2. The maximum atomic E-state index is 9.84. The number of hydrogen-bond donors (Lipinski definition) is 2. The van der Waals surface area contributed by atoms with E-state index in [0.29, 0.717) is 5.52 Å². The van der Waals surface area contributed by atoms with E-state index in [4.69, 9.17) is 0 Å². The molecular formula is C14H20ClN3O. The third kappa shape index (κ3) is 3.72. The minimum atomic E-state index is 0. The molecule has 2 N–H and O–H groups in total. The molecule has 0 bridgehead atoms. The number of hydrogen-bond acceptors (Lipinski definition) is 4. The molecule has 1 aromatic carbocycles. The number of fused-ring (bicyclic) bond motifs is 1. The van der Waals surface area contributed by atoms with Gasteiger partial charge in [0.25, 0.3) is 0 Å². The van der Waals surface area contributed by atoms with E-state index >= 15 is 0 Å². The Bertz CT molecular complexity index is 558. The van der Waals surface area contributed by atoms with Crippen molar-refractivity contribution < 1.29 is 5.11 Å². The van der Waals surface area contributed by atoms with Gasteiger partial charge in [-0.3, -0.25) is 0 Å². The summed E-state index contributed by atoms with van der Waals surface area (Å²) in [5.74, 6) is 0.229. The first-order valence-corrected chi connectivity index (χ1v) is 6.06. The van der Waals surface area contributed by atoms with Gasteiger partial charge in [0, 0.05) is 29.9 Å². The summed E-state index contributed by atoms with van der Waals surface area (Å²) < 4.78 is 0. The van der Waals surface area contributed by atoms with Gasteiger partial charge < -0.3 is 15.3 Å². The largest absolute Gasteiger partial charge is 0.506 e. The Labute approximate surface area is 119 Å². The van der Waals surface area contributed by atoms with Gasteiger partial charge in [0.2, 0.25) is 0 Å². The van der Waals surface area contributed by atoms with Crippen LogP contribution in [0, 0.1) is 6.92 Å². The van der Waals surface area contributed by atoms with Crippen molar-refractivity contribution in [3.63, 3.8) is 0 Å². The number of phenols is 1. The monoisotopic (exact) mass is 281 g/mol. The Morgan fingerprint density at radius 2 is 2.05 bits per heavy atom. The van der Waals surface area contributed by atoms with E-state index in [1.807, 2.05) is 39.2 Å². The number of anilines is 1. The molecule has 1 aromatic heterocycles. The van der Waals surface area contributed by atoms with Crippen LogP contribution in [0.15, 0.2) is 24.3 Å². The number of aromatic hydroxyl groups is 1. The summed E-state index contributed by atoms with van der Waals surface area (Å²) in [6, 6.07) is 7.49. The van der Waals surface area contributed by atoms with E-state index < -0.39 is 0 Å². The second kappa shape index (κ2) is 6.59. The molecule has 104 valence electrons. The highest BCUT2D eigenvalue weighted by atomic mass is 35.5. The number of nitrogens with one attached hydrogen (secondary N) is 1. The van der Waals surface area contributed by atoms with Crippen LogP contribution >= 0.6 is 12.4 Å². The third-order valence-electron chi connectivity index (χ3n) is 2.82. The van der Waals surface area contributed by atoms with Gasteiger partial charge in [-0.15, -0.1) is 12.4 Å². The first kappa shape index (κ1) is 15.5. The van der Waals surface area contributed by atoms with E-state index in [0.717, 1.165) is 29.9 Å². The quantitative estimate of drug-likeness (QED) is 0.905. The first-order chi connectivity index (χ1) is 8.58. The third-order valence-corrected chi connectivity index (χ3v) is 2.82. The van der Waals surface area contributed by atoms with Gasteiger partial charge in [0.15, 0.2) is 0 Å². The van der Waals surface area contributed by atoms with E-state index in [2.05, 4.69) is 15.2 Å². The number of rotatable bonds is 4. The zero-order valence-corrected chi connectivity index (χ0v) is 12.3. The minimum Gasteiger partial charge on any atom is -0.506 e. The minimum absolute atomic E-state index is 0. The van der Waals surface area contributed by atoms with Crippen LogP contribution in [0.25, 0.3) is 10.9 Å². The molecule has 0 spiro atoms. The highest BCUT2D eigenvalue weighted by molar-refractivity contribution is 5.94. The molecule has 0 amide bonds. The van der Waals surface area contributed by atoms with E-state index in [1.54, 1.807) is 6.07 Å². The molecule has 0 saturated heterocycles. The highest BCUT2D eigenvalue weighted by Gasteiger charge is 2.06. The van der Waals surface area contributed by atoms with Crippen LogP contribution in [0.1, 0.15) is 5.69 Å². The molecule has 2 aromatic rings. The number of likely N-dealkylation sites (N-methyl/N-ethyl adjacent to an activating group) is 1. The van der Waals surface area contributed by atoms with Gasteiger partial charge in [-0.25, -0.2) is 4.98 Å². The smallest absolute Gasteiger partial charge is 0.141 e. The zero-order chi connectivity index (χ0) is 13.1. The standard InChI is InChI=1S/C14H19N3O.ClH/c1-10-9-12(15-7-8-17(2)3)11-5-4-6-13(18)14(11)16-10;/h4-6,9,18H,7-8H2,1-3H3,(H,15,16);1H. The molecule has 1 heterocycles. The lowest BCUT2D eigenvalue weighted by molar-refractivity contribution is 0.425. The van der Waals surface area contributed by atoms with Gasteiger partial charge >= 0.3 is 0 Å². The maximum absolute atomic E-state index is 9.84. The molecule has 0 aliphatic rings. The van der Waals surface area contributed by atoms with E-state index in [1.165, 1.54) is 0 Å². The van der Waals surface area contributed by atoms with Crippen molar-refractivity contribution in [1.82, 2.24) is 9.88 Å². The molecular weight excluding hydrogens is 262 g/mol. The molecule has 0 aliphatic carbocycles. The summed E-state index contributed by atoms with van der Waals surface area (Å²) >= 11 is 0. The Hall–Kier alpha value is -1.52. The average molecular weight is 282 g/mol. The fraction of sp³-hybridized carbons (Fsp3) is 0.357. The van der Waals surface area contributed by atoms with Gasteiger partial charge in [-0.05, 0) is 33.2 Å². The molecule has 5 heteroatoms. The molecule has 19 heavy (non-hydrogen) atoms. The normalized spacial score (nSPS) is 10.5. The van der Waals surface area contributed by atoms with E-state index in [9.17, 15) is 5.11 Å². The lowest BCUT2D eigenvalue weighted by atomic mass is 10.1. The second-order valence-electron chi connectivity index (χ2n) is 4.71.